The van der Waals surface area contributed by atoms with Crippen LogP contribution in [0.2, 0.25) is 0 Å². The first-order valence-corrected chi connectivity index (χ1v) is 9.80. The van der Waals surface area contributed by atoms with Crippen molar-refractivity contribution in [2.75, 3.05) is 0 Å². The molecule has 0 spiro atoms. The molecule has 1 heterocycles. The number of benzene rings is 1. The summed E-state index contributed by atoms with van der Waals surface area (Å²) in [5.41, 5.74) is 1.11. The molecule has 24 heavy (non-hydrogen) atoms. The lowest BCUT2D eigenvalue weighted by Crippen LogP contribution is -2.52. The smallest absolute Gasteiger partial charge is 0.248 e. The van der Waals surface area contributed by atoms with Crippen molar-refractivity contribution in [3.8, 4) is 0 Å². The highest BCUT2D eigenvalue weighted by Crippen LogP contribution is 2.25. The highest BCUT2D eigenvalue weighted by molar-refractivity contribution is 5.81. The lowest BCUT2D eigenvalue weighted by Gasteiger charge is -2.39. The van der Waals surface area contributed by atoms with Crippen LogP contribution >= 0.6 is 0 Å². The minimum absolute atomic E-state index is 0.131. The van der Waals surface area contributed by atoms with E-state index >= 15 is 0 Å². The van der Waals surface area contributed by atoms with Crippen molar-refractivity contribution in [1.29, 1.82) is 0 Å². The summed E-state index contributed by atoms with van der Waals surface area (Å²) in [5, 5.41) is 1.61. The molecule has 3 nitrogen and oxygen atoms in total. The predicted molar refractivity (Wildman–Crippen MR) is 98.3 cm³/mol. The summed E-state index contributed by atoms with van der Waals surface area (Å²) in [4.78, 5) is 17.4. The Balaban J connectivity index is 1.51. The second-order valence-electron chi connectivity index (χ2n) is 6.95. The van der Waals surface area contributed by atoms with Gasteiger partial charge in [-0.1, -0.05) is 95.0 Å². The first-order chi connectivity index (χ1) is 11.8. The van der Waals surface area contributed by atoms with Gasteiger partial charge in [-0.25, -0.2) is 5.06 Å². The fourth-order valence-electron chi connectivity index (χ4n) is 3.27. The van der Waals surface area contributed by atoms with E-state index in [0.717, 1.165) is 12.0 Å². The van der Waals surface area contributed by atoms with Gasteiger partial charge in [0, 0.05) is 0 Å². The molecule has 0 N–H and O–H groups in total. The molecule has 0 aromatic heterocycles. The Morgan fingerprint density at radius 3 is 2.21 bits per heavy atom. The largest absolute Gasteiger partial charge is 0.272 e. The van der Waals surface area contributed by atoms with Crippen molar-refractivity contribution in [3.05, 3.63) is 35.9 Å². The van der Waals surface area contributed by atoms with Crippen LogP contribution in [0, 0.1) is 0 Å². The van der Waals surface area contributed by atoms with E-state index in [-0.39, 0.29) is 5.91 Å². The predicted octanol–water partition coefficient (Wildman–Crippen LogP) is 5.64. The zero-order chi connectivity index (χ0) is 17.0. The molecule has 1 unspecified atom stereocenters. The van der Waals surface area contributed by atoms with Gasteiger partial charge in [0.2, 0.25) is 5.91 Å². The lowest BCUT2D eigenvalue weighted by atomic mass is 9.97. The van der Waals surface area contributed by atoms with Crippen molar-refractivity contribution in [1.82, 2.24) is 5.06 Å². The van der Waals surface area contributed by atoms with Crippen molar-refractivity contribution >= 4 is 5.91 Å². The van der Waals surface area contributed by atoms with E-state index < -0.39 is 0 Å². The Labute approximate surface area is 147 Å². The van der Waals surface area contributed by atoms with Crippen LogP contribution in [-0.2, 0) is 16.2 Å². The van der Waals surface area contributed by atoms with E-state index in [1.54, 1.807) is 5.06 Å². The summed E-state index contributed by atoms with van der Waals surface area (Å²) in [5.74, 6) is 0.131. The Kier molecular flexibility index (Phi) is 8.90. The Morgan fingerprint density at radius 2 is 1.58 bits per heavy atom. The van der Waals surface area contributed by atoms with Crippen LogP contribution in [0.15, 0.2) is 30.3 Å². The third-order valence-corrected chi connectivity index (χ3v) is 4.84. The summed E-state index contributed by atoms with van der Waals surface area (Å²) >= 11 is 0. The Morgan fingerprint density at radius 1 is 0.958 bits per heavy atom. The summed E-state index contributed by atoms with van der Waals surface area (Å²) in [7, 11) is 0. The molecule has 1 aliphatic rings. The average Bonchev–Trinajstić information content (AvgIpc) is 2.60. The van der Waals surface area contributed by atoms with Crippen molar-refractivity contribution in [2.45, 2.75) is 90.2 Å². The molecule has 0 radical (unpaired) electrons. The number of carbonyl (C=O) groups is 1. The van der Waals surface area contributed by atoms with Crippen molar-refractivity contribution in [2.24, 2.45) is 0 Å². The number of rotatable bonds is 13. The molecule has 1 aromatic rings. The van der Waals surface area contributed by atoms with Crippen molar-refractivity contribution < 1.29 is 9.63 Å². The van der Waals surface area contributed by atoms with Gasteiger partial charge in [-0.05, 0) is 12.0 Å². The molecule has 1 amide bonds. The van der Waals surface area contributed by atoms with Crippen LogP contribution in [-0.4, -0.2) is 17.0 Å². The number of carbonyl (C=O) groups excluding carboxylic acids is 1. The van der Waals surface area contributed by atoms with Gasteiger partial charge >= 0.3 is 0 Å². The second kappa shape index (κ2) is 11.2. The fraction of sp³-hybridized carbons (Fsp3) is 0.667. The highest BCUT2D eigenvalue weighted by Gasteiger charge is 2.36. The third-order valence-electron chi connectivity index (χ3n) is 4.84. The van der Waals surface area contributed by atoms with Gasteiger partial charge in [0.05, 0.1) is 12.5 Å². The molecule has 0 bridgehead atoms. The number of nitrogens with zero attached hydrogens (tertiary/aromatic N) is 1. The Hall–Kier alpha value is -1.35. The van der Waals surface area contributed by atoms with Crippen LogP contribution in [0.5, 0.6) is 0 Å². The van der Waals surface area contributed by atoms with Crippen LogP contribution in [0.1, 0.15) is 83.1 Å². The van der Waals surface area contributed by atoms with E-state index in [0.29, 0.717) is 19.1 Å². The minimum atomic E-state index is 0.131. The second-order valence-corrected chi connectivity index (χ2v) is 6.95. The number of unbranched alkanes of at least 4 members (excludes halogenated alkanes) is 8. The molecule has 1 aromatic carbocycles. The van der Waals surface area contributed by atoms with E-state index in [2.05, 4.69) is 6.92 Å². The van der Waals surface area contributed by atoms with Gasteiger partial charge in [-0.15, -0.1) is 0 Å². The molecule has 1 atom stereocenters. The summed E-state index contributed by atoms with van der Waals surface area (Å²) in [6, 6.07) is 10.3. The lowest BCUT2D eigenvalue weighted by molar-refractivity contribution is -0.234. The number of hydrogen-bond acceptors (Lipinski definition) is 2. The van der Waals surface area contributed by atoms with E-state index in [1.807, 2.05) is 30.3 Å². The van der Waals surface area contributed by atoms with E-state index in [1.165, 1.54) is 57.8 Å². The summed E-state index contributed by atoms with van der Waals surface area (Å²) in [6.45, 7) is 2.75. The molecule has 1 fully saturated rings. The molecular weight excluding hydrogens is 298 g/mol. The first-order valence-electron chi connectivity index (χ1n) is 9.80. The molecule has 1 aliphatic heterocycles. The Bertz CT molecular complexity index is 460. The van der Waals surface area contributed by atoms with E-state index in [4.69, 9.17) is 4.84 Å². The van der Waals surface area contributed by atoms with Crippen LogP contribution < -0.4 is 0 Å². The zero-order valence-corrected chi connectivity index (χ0v) is 15.2. The van der Waals surface area contributed by atoms with Crippen molar-refractivity contribution in [3.63, 3.8) is 0 Å². The molecule has 134 valence electrons. The number of hydroxylamine groups is 2. The number of amides is 1. The summed E-state index contributed by atoms with van der Waals surface area (Å²) in [6.07, 6.45) is 13.8. The van der Waals surface area contributed by atoms with Gasteiger partial charge in [0.15, 0.2) is 0 Å². The third kappa shape index (κ3) is 6.64. The quantitative estimate of drug-likeness (QED) is 0.346. The standard InChI is InChI=1S/C21H33NO2/c1-2-3-4-5-6-7-8-9-13-16-20-17-21(23)22(20)24-18-19-14-11-10-12-15-19/h10-12,14-15,20H,2-9,13,16-18H2,1H3. The SMILES string of the molecule is CCCCCCCCCCCC1CC(=O)N1OCc1ccccc1. The topological polar surface area (TPSA) is 29.5 Å². The molecule has 2 rings (SSSR count). The monoisotopic (exact) mass is 331 g/mol. The maximum Gasteiger partial charge on any atom is 0.248 e. The number of β-lactam (4-membered cyclic amide) rings is 1. The van der Waals surface area contributed by atoms with Gasteiger partial charge in [0.25, 0.3) is 0 Å². The summed E-state index contributed by atoms with van der Waals surface area (Å²) < 4.78 is 0. The molecule has 0 aliphatic carbocycles. The molecule has 0 saturated carbocycles. The molecular formula is C21H33NO2. The maximum atomic E-state index is 11.7. The number of hydrogen-bond donors (Lipinski definition) is 0. The van der Waals surface area contributed by atoms with Crippen LogP contribution in [0.25, 0.3) is 0 Å². The average molecular weight is 332 g/mol. The van der Waals surface area contributed by atoms with Crippen LogP contribution in [0.4, 0.5) is 0 Å². The van der Waals surface area contributed by atoms with Gasteiger partial charge in [0.1, 0.15) is 6.61 Å². The normalized spacial score (nSPS) is 17.1. The van der Waals surface area contributed by atoms with Gasteiger partial charge < -0.3 is 0 Å². The van der Waals surface area contributed by atoms with Crippen LogP contribution in [0.3, 0.4) is 0 Å². The zero-order valence-electron chi connectivity index (χ0n) is 15.2. The van der Waals surface area contributed by atoms with Gasteiger partial charge in [-0.2, -0.15) is 0 Å². The van der Waals surface area contributed by atoms with Gasteiger partial charge in [-0.3, -0.25) is 9.63 Å². The highest BCUT2D eigenvalue weighted by atomic mass is 16.7. The maximum absolute atomic E-state index is 11.7. The minimum Gasteiger partial charge on any atom is -0.272 e. The fourth-order valence-corrected chi connectivity index (χ4v) is 3.27. The first kappa shape index (κ1) is 19.0. The molecule has 1 saturated heterocycles. The molecule has 3 heteroatoms. The van der Waals surface area contributed by atoms with E-state index in [9.17, 15) is 4.79 Å².